The lowest BCUT2D eigenvalue weighted by atomic mass is 9.98. The van der Waals surface area contributed by atoms with Crippen molar-refractivity contribution in [2.75, 3.05) is 13.2 Å². The van der Waals surface area contributed by atoms with Gasteiger partial charge in [0.2, 0.25) is 0 Å². The summed E-state index contributed by atoms with van der Waals surface area (Å²) in [6.45, 7) is 7.20. The molecule has 1 aliphatic heterocycles. The van der Waals surface area contributed by atoms with Crippen molar-refractivity contribution >= 4 is 5.91 Å². The monoisotopic (exact) mass is 326 g/mol. The molecule has 1 amide bonds. The molecule has 0 fully saturated rings. The number of H-pyrrole nitrogens is 1. The third-order valence-corrected chi connectivity index (χ3v) is 4.40. The van der Waals surface area contributed by atoms with Gasteiger partial charge in [-0.1, -0.05) is 6.07 Å². The molecule has 0 bridgehead atoms. The number of nitrogens with zero attached hydrogens (tertiary/aromatic N) is 1. The summed E-state index contributed by atoms with van der Waals surface area (Å²) in [7, 11) is 0. The van der Waals surface area contributed by atoms with Crippen LogP contribution in [-0.4, -0.2) is 28.9 Å². The van der Waals surface area contributed by atoms with Gasteiger partial charge in [-0.25, -0.2) is 0 Å². The van der Waals surface area contributed by atoms with Crippen molar-refractivity contribution in [3.8, 4) is 5.75 Å². The average molecular weight is 326 g/mol. The number of carbonyl (C=O) groups excluding carboxylic acids is 1. The molecule has 0 radical (unpaired) electrons. The number of aryl methyl sites for hydroxylation is 2. The van der Waals surface area contributed by atoms with E-state index in [0.717, 1.165) is 23.2 Å². The van der Waals surface area contributed by atoms with E-state index in [1.54, 1.807) is 11.0 Å². The van der Waals surface area contributed by atoms with Crippen LogP contribution in [0.15, 0.2) is 29.1 Å². The second-order valence-electron chi connectivity index (χ2n) is 6.17. The highest BCUT2D eigenvalue weighted by Crippen LogP contribution is 2.25. The van der Waals surface area contributed by atoms with E-state index in [0.29, 0.717) is 36.6 Å². The van der Waals surface area contributed by atoms with Gasteiger partial charge in [-0.2, -0.15) is 0 Å². The van der Waals surface area contributed by atoms with Crippen molar-refractivity contribution in [1.82, 2.24) is 9.88 Å². The Morgan fingerprint density at radius 1 is 1.21 bits per heavy atom. The topological polar surface area (TPSA) is 62.4 Å². The Labute approximate surface area is 141 Å². The van der Waals surface area contributed by atoms with Crippen LogP contribution in [0.5, 0.6) is 5.75 Å². The summed E-state index contributed by atoms with van der Waals surface area (Å²) in [6.07, 6.45) is 0.788. The summed E-state index contributed by atoms with van der Waals surface area (Å²) in [5.41, 5.74) is 3.99. The second-order valence-corrected chi connectivity index (χ2v) is 6.17. The highest BCUT2D eigenvalue weighted by molar-refractivity contribution is 5.97. The van der Waals surface area contributed by atoms with E-state index in [9.17, 15) is 9.59 Å². The van der Waals surface area contributed by atoms with Crippen molar-refractivity contribution in [1.29, 1.82) is 0 Å². The molecule has 2 heterocycles. The third-order valence-electron chi connectivity index (χ3n) is 4.40. The molecule has 1 N–H and O–H groups in total. The van der Waals surface area contributed by atoms with Gasteiger partial charge in [-0.15, -0.1) is 0 Å². The van der Waals surface area contributed by atoms with E-state index in [1.165, 1.54) is 0 Å². The number of fused-ring (bicyclic) bond motifs is 1. The Bertz CT molecular complexity index is 839. The molecule has 0 spiro atoms. The van der Waals surface area contributed by atoms with E-state index in [1.807, 2.05) is 39.0 Å². The maximum Gasteiger partial charge on any atom is 0.254 e. The first-order valence-corrected chi connectivity index (χ1v) is 8.24. The van der Waals surface area contributed by atoms with Crippen LogP contribution in [0.1, 0.15) is 39.7 Å². The number of pyridine rings is 1. The molecule has 1 aliphatic rings. The van der Waals surface area contributed by atoms with E-state index in [-0.39, 0.29) is 11.5 Å². The standard InChI is InChI=1S/C19H22N2O3/c1-4-24-15-6-5-14-7-8-21(19(23)16(14)10-15)11-17-12(2)9-13(3)20-18(17)22/h5-6,9-10H,4,7-8,11H2,1-3H3,(H,20,22). The Morgan fingerprint density at radius 2 is 2.00 bits per heavy atom. The number of aromatic amines is 1. The fourth-order valence-electron chi connectivity index (χ4n) is 3.18. The van der Waals surface area contributed by atoms with E-state index in [4.69, 9.17) is 4.74 Å². The maximum absolute atomic E-state index is 12.8. The predicted molar refractivity (Wildman–Crippen MR) is 92.6 cm³/mol. The predicted octanol–water partition coefficient (Wildman–Crippen LogP) is 2.59. The lowest BCUT2D eigenvalue weighted by Gasteiger charge is -2.29. The van der Waals surface area contributed by atoms with Gasteiger partial charge in [0.15, 0.2) is 0 Å². The number of amides is 1. The number of ether oxygens (including phenoxy) is 1. The molecule has 2 aromatic rings. The summed E-state index contributed by atoms with van der Waals surface area (Å²) in [6, 6.07) is 7.60. The number of carbonyl (C=O) groups is 1. The minimum absolute atomic E-state index is 0.0443. The number of rotatable bonds is 4. The van der Waals surface area contributed by atoms with Crippen LogP contribution in [0, 0.1) is 13.8 Å². The van der Waals surface area contributed by atoms with Crippen molar-refractivity contribution in [3.63, 3.8) is 0 Å². The molecule has 0 unspecified atom stereocenters. The molecule has 0 atom stereocenters. The molecule has 3 rings (SSSR count). The first kappa shape index (κ1) is 16.3. The van der Waals surface area contributed by atoms with Gasteiger partial charge in [0.25, 0.3) is 11.5 Å². The van der Waals surface area contributed by atoms with Gasteiger partial charge in [0, 0.05) is 23.4 Å². The minimum Gasteiger partial charge on any atom is -0.494 e. The third kappa shape index (κ3) is 3.07. The highest BCUT2D eigenvalue weighted by Gasteiger charge is 2.26. The quantitative estimate of drug-likeness (QED) is 0.939. The van der Waals surface area contributed by atoms with E-state index in [2.05, 4.69) is 4.98 Å². The highest BCUT2D eigenvalue weighted by atomic mass is 16.5. The van der Waals surface area contributed by atoms with Crippen LogP contribution < -0.4 is 10.3 Å². The molecule has 126 valence electrons. The maximum atomic E-state index is 12.8. The zero-order chi connectivity index (χ0) is 17.3. The second kappa shape index (κ2) is 6.51. The van der Waals surface area contributed by atoms with Gasteiger partial charge >= 0.3 is 0 Å². The van der Waals surface area contributed by atoms with Crippen LogP contribution >= 0.6 is 0 Å². The smallest absolute Gasteiger partial charge is 0.254 e. The first-order chi connectivity index (χ1) is 11.5. The molecule has 5 nitrogen and oxygen atoms in total. The first-order valence-electron chi connectivity index (χ1n) is 8.24. The van der Waals surface area contributed by atoms with Crippen molar-refractivity contribution in [3.05, 3.63) is 62.6 Å². The number of hydrogen-bond acceptors (Lipinski definition) is 3. The Morgan fingerprint density at radius 3 is 2.71 bits per heavy atom. The average Bonchev–Trinajstić information content (AvgIpc) is 2.53. The number of hydrogen-bond donors (Lipinski definition) is 1. The molecule has 1 aromatic carbocycles. The van der Waals surface area contributed by atoms with Crippen molar-refractivity contribution in [2.24, 2.45) is 0 Å². The van der Waals surface area contributed by atoms with Crippen LogP contribution in [0.4, 0.5) is 0 Å². The van der Waals surface area contributed by atoms with Gasteiger partial charge in [-0.05, 0) is 56.5 Å². The van der Waals surface area contributed by atoms with Gasteiger partial charge in [-0.3, -0.25) is 9.59 Å². The summed E-state index contributed by atoms with van der Waals surface area (Å²) in [5.74, 6) is 0.660. The summed E-state index contributed by atoms with van der Waals surface area (Å²) in [5, 5.41) is 0. The molecule has 0 saturated heterocycles. The lowest BCUT2D eigenvalue weighted by Crippen LogP contribution is -2.38. The van der Waals surface area contributed by atoms with Gasteiger partial charge in [0.05, 0.1) is 13.2 Å². The molecule has 1 aromatic heterocycles. The van der Waals surface area contributed by atoms with Crippen molar-refractivity contribution in [2.45, 2.75) is 33.7 Å². The fourth-order valence-corrected chi connectivity index (χ4v) is 3.18. The van der Waals surface area contributed by atoms with E-state index >= 15 is 0 Å². The molecule has 24 heavy (non-hydrogen) atoms. The number of nitrogens with one attached hydrogen (secondary N) is 1. The zero-order valence-corrected chi connectivity index (χ0v) is 14.3. The lowest BCUT2D eigenvalue weighted by molar-refractivity contribution is 0.0725. The molecular formula is C19H22N2O3. The normalized spacial score (nSPS) is 13.8. The molecular weight excluding hydrogens is 304 g/mol. The van der Waals surface area contributed by atoms with Crippen LogP contribution in [0.2, 0.25) is 0 Å². The van der Waals surface area contributed by atoms with Crippen molar-refractivity contribution < 1.29 is 9.53 Å². The van der Waals surface area contributed by atoms with Crippen LogP contribution in [-0.2, 0) is 13.0 Å². The summed E-state index contributed by atoms with van der Waals surface area (Å²) < 4.78 is 5.50. The minimum atomic E-state index is -0.117. The molecule has 0 saturated carbocycles. The molecule has 0 aliphatic carbocycles. The Balaban J connectivity index is 1.89. The zero-order valence-electron chi connectivity index (χ0n) is 14.3. The van der Waals surface area contributed by atoms with Crippen LogP contribution in [0.25, 0.3) is 0 Å². The number of benzene rings is 1. The van der Waals surface area contributed by atoms with Gasteiger partial charge < -0.3 is 14.6 Å². The van der Waals surface area contributed by atoms with Crippen LogP contribution in [0.3, 0.4) is 0 Å². The van der Waals surface area contributed by atoms with Gasteiger partial charge in [0.1, 0.15) is 5.75 Å². The SMILES string of the molecule is CCOc1ccc2c(c1)C(=O)N(Cc1c(C)cc(C)[nH]c1=O)CC2. The van der Waals surface area contributed by atoms with E-state index < -0.39 is 0 Å². The Kier molecular flexibility index (Phi) is 4.42. The summed E-state index contributed by atoms with van der Waals surface area (Å²) in [4.78, 5) is 29.6. The largest absolute Gasteiger partial charge is 0.494 e. The summed E-state index contributed by atoms with van der Waals surface area (Å²) >= 11 is 0. The Hall–Kier alpha value is -2.56. The molecule has 5 heteroatoms. The number of aromatic nitrogens is 1. The fraction of sp³-hybridized carbons (Fsp3) is 0.368.